The van der Waals surface area contributed by atoms with Gasteiger partial charge in [-0.2, -0.15) is 4.40 Å². The summed E-state index contributed by atoms with van der Waals surface area (Å²) >= 11 is 5.55. The minimum absolute atomic E-state index is 0.675. The Bertz CT molecular complexity index is 362. The summed E-state index contributed by atoms with van der Waals surface area (Å²) in [5.74, 6) is 0.675. The average Bonchev–Trinajstić information content (AvgIpc) is 2.29. The number of hydrogen-bond donors (Lipinski definition) is 0. The Balaban J connectivity index is 2.43. The number of halogens is 1. The molecule has 0 heterocycles. The summed E-state index contributed by atoms with van der Waals surface area (Å²) in [4.78, 5) is 0.749. The summed E-state index contributed by atoms with van der Waals surface area (Å²) in [6.45, 7) is 2.00. The Morgan fingerprint density at radius 2 is 2.00 bits per heavy atom. The van der Waals surface area contributed by atoms with Gasteiger partial charge in [-0.05, 0) is 38.3 Å². The van der Waals surface area contributed by atoms with Crippen molar-refractivity contribution in [3.8, 4) is 0 Å². The van der Waals surface area contributed by atoms with Crippen molar-refractivity contribution in [3.05, 3.63) is 29.8 Å². The van der Waals surface area contributed by atoms with Crippen LogP contribution < -0.4 is 0 Å². The van der Waals surface area contributed by atoms with Crippen LogP contribution >= 0.6 is 11.6 Å². The molecule has 0 N–H and O–H groups in total. The van der Waals surface area contributed by atoms with Gasteiger partial charge in [0.05, 0.1) is 4.90 Å². The first kappa shape index (κ1) is 13.4. The second-order valence-corrected chi connectivity index (χ2v) is 5.09. The van der Waals surface area contributed by atoms with Crippen molar-refractivity contribution < 1.29 is 4.21 Å². The molecule has 88 valence electrons. The van der Waals surface area contributed by atoms with Crippen LogP contribution in [0.1, 0.15) is 24.8 Å². The zero-order valence-electron chi connectivity index (χ0n) is 9.36. The molecule has 0 aliphatic rings. The zero-order chi connectivity index (χ0) is 11.8. The van der Waals surface area contributed by atoms with E-state index in [0.717, 1.165) is 29.7 Å². The third kappa shape index (κ3) is 4.90. The summed E-state index contributed by atoms with van der Waals surface area (Å²) in [5, 5.41) is 0. The fourth-order valence-corrected chi connectivity index (χ4v) is 2.09. The lowest BCUT2D eigenvalue weighted by Gasteiger charge is -1.96. The molecule has 0 amide bonds. The van der Waals surface area contributed by atoms with Crippen LogP contribution in [0.15, 0.2) is 33.6 Å². The smallest absolute Gasteiger partial charge is 0.172 e. The monoisotopic (exact) mass is 257 g/mol. The second-order valence-electron chi connectivity index (χ2n) is 3.53. The Morgan fingerprint density at radius 3 is 2.62 bits per heavy atom. The summed E-state index contributed by atoms with van der Waals surface area (Å²) in [6.07, 6.45) is 4.54. The van der Waals surface area contributed by atoms with E-state index in [1.54, 1.807) is 6.21 Å². The van der Waals surface area contributed by atoms with Crippen molar-refractivity contribution in [1.82, 2.24) is 0 Å². The van der Waals surface area contributed by atoms with Gasteiger partial charge in [0.15, 0.2) is 11.0 Å². The molecule has 1 aromatic rings. The lowest BCUT2D eigenvalue weighted by Crippen LogP contribution is -1.88. The number of nitrogens with zero attached hydrogens (tertiary/aromatic N) is 1. The molecule has 0 saturated heterocycles. The average molecular weight is 258 g/mol. The Hall–Kier alpha value is -0.670. The number of hydrogen-bond acceptors (Lipinski definition) is 1. The van der Waals surface area contributed by atoms with Crippen LogP contribution in [0.3, 0.4) is 0 Å². The van der Waals surface area contributed by atoms with E-state index in [9.17, 15) is 4.21 Å². The highest BCUT2D eigenvalue weighted by Gasteiger charge is 1.99. The summed E-state index contributed by atoms with van der Waals surface area (Å²) < 4.78 is 15.7. The fourth-order valence-electron chi connectivity index (χ4n) is 1.17. The molecule has 1 aromatic carbocycles. The first-order valence-corrected chi connectivity index (χ1v) is 6.95. The molecule has 0 aliphatic carbocycles. The molecule has 1 rings (SSSR count). The van der Waals surface area contributed by atoms with E-state index in [1.165, 1.54) is 0 Å². The largest absolute Gasteiger partial charge is 0.230 e. The molecule has 0 spiro atoms. The van der Waals surface area contributed by atoms with Crippen LogP contribution in [0, 0.1) is 6.92 Å². The fraction of sp³-hybridized carbons (Fsp3) is 0.417. The molecular weight excluding hydrogens is 242 g/mol. The molecule has 1 atom stereocenters. The van der Waals surface area contributed by atoms with Gasteiger partial charge in [0, 0.05) is 12.1 Å². The first-order chi connectivity index (χ1) is 7.74. The summed E-state index contributed by atoms with van der Waals surface area (Å²) in [6, 6.07) is 7.58. The molecule has 0 fully saturated rings. The minimum atomic E-state index is -1.26. The first-order valence-electron chi connectivity index (χ1n) is 5.31. The van der Waals surface area contributed by atoms with E-state index in [0.29, 0.717) is 5.88 Å². The third-order valence-corrected chi connectivity index (χ3v) is 3.39. The van der Waals surface area contributed by atoms with Crippen molar-refractivity contribution in [2.24, 2.45) is 4.40 Å². The van der Waals surface area contributed by atoms with Gasteiger partial charge < -0.3 is 0 Å². The second kappa shape index (κ2) is 7.58. The molecule has 0 aromatic heterocycles. The molecule has 0 radical (unpaired) electrons. The van der Waals surface area contributed by atoms with E-state index in [-0.39, 0.29) is 0 Å². The Morgan fingerprint density at radius 1 is 1.31 bits per heavy atom. The maximum Gasteiger partial charge on any atom is 0.172 e. The molecule has 4 heteroatoms. The third-order valence-electron chi connectivity index (χ3n) is 2.11. The molecule has 16 heavy (non-hydrogen) atoms. The van der Waals surface area contributed by atoms with Crippen molar-refractivity contribution in [1.29, 1.82) is 0 Å². The zero-order valence-corrected chi connectivity index (χ0v) is 10.9. The maximum atomic E-state index is 11.7. The van der Waals surface area contributed by atoms with Crippen LogP contribution in [0.2, 0.25) is 0 Å². The molecule has 0 aliphatic heterocycles. The van der Waals surface area contributed by atoms with E-state index in [4.69, 9.17) is 11.6 Å². The normalized spacial score (nSPS) is 13.1. The van der Waals surface area contributed by atoms with Gasteiger partial charge in [0.1, 0.15) is 0 Å². The number of rotatable bonds is 6. The number of unbranched alkanes of at least 4 members (excludes halogenated alkanes) is 2. The van der Waals surface area contributed by atoms with E-state index in [2.05, 4.69) is 4.40 Å². The van der Waals surface area contributed by atoms with Gasteiger partial charge in [0.25, 0.3) is 0 Å². The van der Waals surface area contributed by atoms with E-state index < -0.39 is 11.0 Å². The van der Waals surface area contributed by atoms with Crippen LogP contribution in [0.25, 0.3) is 0 Å². The summed E-state index contributed by atoms with van der Waals surface area (Å²) in [7, 11) is -1.26. The molecule has 2 nitrogen and oxygen atoms in total. The van der Waals surface area contributed by atoms with Crippen molar-refractivity contribution in [2.45, 2.75) is 31.1 Å². The SMILES string of the molecule is Cc1ccc(S(=O)/N=C/CCCCCl)cc1. The molecule has 0 saturated carbocycles. The van der Waals surface area contributed by atoms with E-state index >= 15 is 0 Å². The van der Waals surface area contributed by atoms with Crippen molar-refractivity contribution in [3.63, 3.8) is 0 Å². The van der Waals surface area contributed by atoms with Crippen LogP contribution in [0.5, 0.6) is 0 Å². The lowest BCUT2D eigenvalue weighted by atomic mass is 10.2. The predicted molar refractivity (Wildman–Crippen MR) is 70.7 cm³/mol. The van der Waals surface area contributed by atoms with Crippen molar-refractivity contribution in [2.75, 3.05) is 5.88 Å². The minimum Gasteiger partial charge on any atom is -0.230 e. The van der Waals surface area contributed by atoms with Gasteiger partial charge in [0.2, 0.25) is 0 Å². The van der Waals surface area contributed by atoms with Gasteiger partial charge in [-0.15, -0.1) is 11.6 Å². The topological polar surface area (TPSA) is 29.4 Å². The van der Waals surface area contributed by atoms with Gasteiger partial charge in [-0.3, -0.25) is 0 Å². The van der Waals surface area contributed by atoms with Crippen LogP contribution in [0.4, 0.5) is 0 Å². The Kier molecular flexibility index (Phi) is 6.34. The molecule has 0 bridgehead atoms. The maximum absolute atomic E-state index is 11.7. The van der Waals surface area contributed by atoms with Crippen LogP contribution in [-0.2, 0) is 11.0 Å². The quantitative estimate of drug-likeness (QED) is 0.436. The van der Waals surface area contributed by atoms with Gasteiger partial charge >= 0.3 is 0 Å². The highest BCUT2D eigenvalue weighted by Crippen LogP contribution is 2.09. The number of benzene rings is 1. The number of aryl methyl sites for hydroxylation is 1. The van der Waals surface area contributed by atoms with Crippen LogP contribution in [-0.4, -0.2) is 16.3 Å². The van der Waals surface area contributed by atoms with Gasteiger partial charge in [-0.25, -0.2) is 4.21 Å². The van der Waals surface area contributed by atoms with Crippen molar-refractivity contribution >= 4 is 28.8 Å². The molecular formula is C12H16ClNOS. The van der Waals surface area contributed by atoms with Gasteiger partial charge in [-0.1, -0.05) is 17.7 Å². The molecule has 1 unspecified atom stereocenters. The summed E-state index contributed by atoms with van der Waals surface area (Å²) in [5.41, 5.74) is 1.16. The highest BCUT2D eigenvalue weighted by molar-refractivity contribution is 7.83. The highest BCUT2D eigenvalue weighted by atomic mass is 35.5. The van der Waals surface area contributed by atoms with E-state index in [1.807, 2.05) is 31.2 Å². The predicted octanol–water partition coefficient (Wildman–Crippen LogP) is 3.50. The standard InChI is InChI=1S/C12H16ClNOS/c1-11-5-7-12(8-6-11)16(15)14-10-4-2-3-9-13/h5-8,10H,2-4,9H2,1H3/b14-10+. The lowest BCUT2D eigenvalue weighted by molar-refractivity contribution is 0.684. The Labute approximate surface area is 104 Å². The number of alkyl halides is 1.